The Morgan fingerprint density at radius 3 is 2.74 bits per heavy atom. The van der Waals surface area contributed by atoms with Crippen LogP contribution in [0.25, 0.3) is 16.7 Å². The normalized spacial score (nSPS) is 16.2. The van der Waals surface area contributed by atoms with Crippen LogP contribution in [0.5, 0.6) is 0 Å². The number of aromatic nitrogens is 4. The molecule has 8 heteroatoms. The van der Waals surface area contributed by atoms with Crippen LogP contribution in [0, 0.1) is 0 Å². The summed E-state index contributed by atoms with van der Waals surface area (Å²) in [6.45, 7) is 2.73. The van der Waals surface area contributed by atoms with Gasteiger partial charge in [-0.25, -0.2) is 9.67 Å². The molecule has 31 heavy (non-hydrogen) atoms. The maximum absolute atomic E-state index is 13.2. The summed E-state index contributed by atoms with van der Waals surface area (Å²) in [5, 5.41) is 5.14. The quantitative estimate of drug-likeness (QED) is 0.496. The summed E-state index contributed by atoms with van der Waals surface area (Å²) >= 11 is 1.78. The molecule has 2 aromatic carbocycles. The summed E-state index contributed by atoms with van der Waals surface area (Å²) in [7, 11) is 0. The second kappa shape index (κ2) is 8.03. The van der Waals surface area contributed by atoms with Crippen LogP contribution >= 0.6 is 11.8 Å². The third kappa shape index (κ3) is 3.63. The molecule has 1 atom stereocenters. The number of hydrogen-bond acceptors (Lipinski definition) is 5. The molecule has 7 nitrogen and oxygen atoms in total. The van der Waals surface area contributed by atoms with Gasteiger partial charge in [-0.2, -0.15) is 5.10 Å². The van der Waals surface area contributed by atoms with Crippen molar-refractivity contribution in [3.8, 4) is 5.69 Å². The van der Waals surface area contributed by atoms with Crippen LogP contribution in [0.4, 0.5) is 5.69 Å². The molecule has 0 saturated carbocycles. The number of para-hydroxylation sites is 2. The predicted molar refractivity (Wildman–Crippen MR) is 122 cm³/mol. The number of carbonyl (C=O) groups is 1. The van der Waals surface area contributed by atoms with Gasteiger partial charge in [-0.3, -0.25) is 14.2 Å². The molecule has 1 aliphatic heterocycles. The Morgan fingerprint density at radius 2 is 1.90 bits per heavy atom. The standard InChI is InChI=1S/C23H21N5O2S/c1-16-11-12-27(19-9-5-6-10-20(19)31-16)21(29)14-26-15-24-22-18(23(26)30)13-25-28(22)17-7-3-2-4-8-17/h2-10,13,15-16H,11-12,14H2,1H3/t16-/m1/s1. The molecule has 1 aliphatic rings. The molecule has 5 rings (SSSR count). The zero-order valence-electron chi connectivity index (χ0n) is 17.0. The van der Waals surface area contributed by atoms with E-state index in [0.717, 1.165) is 22.7 Å². The molecule has 0 unspecified atom stereocenters. The Kier molecular flexibility index (Phi) is 5.07. The van der Waals surface area contributed by atoms with Crippen molar-refractivity contribution >= 4 is 34.4 Å². The Bertz CT molecular complexity index is 1310. The molecule has 3 heterocycles. The molecule has 4 aromatic rings. The maximum Gasteiger partial charge on any atom is 0.264 e. The van der Waals surface area contributed by atoms with E-state index in [1.54, 1.807) is 21.3 Å². The molecule has 0 bridgehead atoms. The van der Waals surface area contributed by atoms with Crippen LogP contribution in [0.1, 0.15) is 13.3 Å². The van der Waals surface area contributed by atoms with Gasteiger partial charge in [-0.15, -0.1) is 11.8 Å². The van der Waals surface area contributed by atoms with Crippen molar-refractivity contribution in [1.82, 2.24) is 19.3 Å². The Morgan fingerprint density at radius 1 is 1.13 bits per heavy atom. The summed E-state index contributed by atoms with van der Waals surface area (Å²) in [5.74, 6) is -0.124. The van der Waals surface area contributed by atoms with Crippen molar-refractivity contribution in [3.63, 3.8) is 0 Å². The lowest BCUT2D eigenvalue weighted by Gasteiger charge is -2.22. The number of rotatable bonds is 3. The lowest BCUT2D eigenvalue weighted by atomic mass is 10.2. The second-order valence-corrected chi connectivity index (χ2v) is 9.02. The SMILES string of the molecule is C[C@@H]1CCN(C(=O)Cn2cnc3c(cnn3-c3ccccc3)c2=O)c2ccccc2S1. The zero-order chi connectivity index (χ0) is 21.4. The molecule has 0 radical (unpaired) electrons. The van der Waals surface area contributed by atoms with Gasteiger partial charge in [0.1, 0.15) is 18.3 Å². The number of thioether (sulfide) groups is 1. The summed E-state index contributed by atoms with van der Waals surface area (Å²) in [5.41, 5.74) is 1.93. The van der Waals surface area contributed by atoms with Crippen molar-refractivity contribution in [2.75, 3.05) is 11.4 Å². The molecule has 0 saturated heterocycles. The van der Waals surface area contributed by atoms with E-state index in [1.165, 1.54) is 17.1 Å². The molecule has 2 aromatic heterocycles. The lowest BCUT2D eigenvalue weighted by molar-refractivity contribution is -0.119. The highest BCUT2D eigenvalue weighted by molar-refractivity contribution is 8.00. The van der Waals surface area contributed by atoms with Crippen LogP contribution in [-0.4, -0.2) is 37.0 Å². The number of carbonyl (C=O) groups excluding carboxylic acids is 1. The van der Waals surface area contributed by atoms with Gasteiger partial charge < -0.3 is 4.90 Å². The summed E-state index contributed by atoms with van der Waals surface area (Å²) in [6, 6.07) is 17.5. The lowest BCUT2D eigenvalue weighted by Crippen LogP contribution is -2.37. The molecule has 0 N–H and O–H groups in total. The predicted octanol–water partition coefficient (Wildman–Crippen LogP) is 3.50. The largest absolute Gasteiger partial charge is 0.310 e. The van der Waals surface area contributed by atoms with E-state index < -0.39 is 0 Å². The first kappa shape index (κ1) is 19.6. The van der Waals surface area contributed by atoms with E-state index in [-0.39, 0.29) is 18.0 Å². The number of nitrogens with zero attached hydrogens (tertiary/aromatic N) is 5. The van der Waals surface area contributed by atoms with Crippen LogP contribution in [-0.2, 0) is 11.3 Å². The number of amides is 1. The fraction of sp³-hybridized carbons (Fsp3) is 0.217. The highest BCUT2D eigenvalue weighted by Gasteiger charge is 2.24. The zero-order valence-corrected chi connectivity index (χ0v) is 17.8. The fourth-order valence-electron chi connectivity index (χ4n) is 3.80. The van der Waals surface area contributed by atoms with Gasteiger partial charge >= 0.3 is 0 Å². The fourth-order valence-corrected chi connectivity index (χ4v) is 4.91. The third-order valence-corrected chi connectivity index (χ3v) is 6.64. The van der Waals surface area contributed by atoms with Gasteiger partial charge in [0.25, 0.3) is 5.56 Å². The van der Waals surface area contributed by atoms with Crippen molar-refractivity contribution in [2.45, 2.75) is 30.0 Å². The highest BCUT2D eigenvalue weighted by atomic mass is 32.2. The molecule has 156 valence electrons. The molecular weight excluding hydrogens is 410 g/mol. The van der Waals surface area contributed by atoms with Gasteiger partial charge in [-0.1, -0.05) is 37.3 Å². The molecule has 0 aliphatic carbocycles. The van der Waals surface area contributed by atoms with Crippen LogP contribution in [0.3, 0.4) is 0 Å². The molecule has 0 fully saturated rings. The van der Waals surface area contributed by atoms with Gasteiger partial charge in [0, 0.05) is 16.7 Å². The number of hydrogen-bond donors (Lipinski definition) is 0. The van der Waals surface area contributed by atoms with E-state index in [0.29, 0.717) is 22.8 Å². The number of fused-ring (bicyclic) bond motifs is 2. The molecular formula is C23H21N5O2S. The number of anilines is 1. The van der Waals surface area contributed by atoms with E-state index in [2.05, 4.69) is 17.0 Å². The van der Waals surface area contributed by atoms with Gasteiger partial charge in [0.2, 0.25) is 5.91 Å². The minimum absolute atomic E-state index is 0.0638. The van der Waals surface area contributed by atoms with Crippen molar-refractivity contribution in [1.29, 1.82) is 0 Å². The third-order valence-electron chi connectivity index (χ3n) is 5.41. The summed E-state index contributed by atoms with van der Waals surface area (Å²) in [4.78, 5) is 33.6. The first-order valence-corrected chi connectivity index (χ1v) is 11.0. The van der Waals surface area contributed by atoms with E-state index >= 15 is 0 Å². The molecule has 0 spiro atoms. The summed E-state index contributed by atoms with van der Waals surface area (Å²) < 4.78 is 3.00. The Labute approximate surface area is 183 Å². The van der Waals surface area contributed by atoms with Crippen molar-refractivity contribution in [3.05, 3.63) is 77.5 Å². The van der Waals surface area contributed by atoms with Crippen LogP contribution in [0.2, 0.25) is 0 Å². The topological polar surface area (TPSA) is 73.0 Å². The molecule has 1 amide bonds. The highest BCUT2D eigenvalue weighted by Crippen LogP contribution is 2.37. The first-order valence-electron chi connectivity index (χ1n) is 10.2. The minimum Gasteiger partial charge on any atom is -0.310 e. The number of benzene rings is 2. The van der Waals surface area contributed by atoms with Crippen molar-refractivity contribution in [2.24, 2.45) is 0 Å². The van der Waals surface area contributed by atoms with Crippen LogP contribution < -0.4 is 10.5 Å². The van der Waals surface area contributed by atoms with E-state index in [9.17, 15) is 9.59 Å². The maximum atomic E-state index is 13.2. The average Bonchev–Trinajstić information content (AvgIpc) is 3.14. The van der Waals surface area contributed by atoms with Gasteiger partial charge in [0.15, 0.2) is 5.65 Å². The van der Waals surface area contributed by atoms with E-state index in [1.807, 2.05) is 54.6 Å². The Hall–Kier alpha value is -3.39. The smallest absolute Gasteiger partial charge is 0.264 e. The van der Waals surface area contributed by atoms with E-state index in [4.69, 9.17) is 0 Å². The van der Waals surface area contributed by atoms with Crippen LogP contribution in [0.15, 0.2) is 76.8 Å². The average molecular weight is 432 g/mol. The monoisotopic (exact) mass is 431 g/mol. The second-order valence-electron chi connectivity index (χ2n) is 7.54. The van der Waals surface area contributed by atoms with Gasteiger partial charge in [0.05, 0.1) is 17.6 Å². The Balaban J connectivity index is 1.47. The summed E-state index contributed by atoms with van der Waals surface area (Å²) in [6.07, 6.45) is 3.84. The van der Waals surface area contributed by atoms with Gasteiger partial charge in [-0.05, 0) is 30.7 Å². The van der Waals surface area contributed by atoms with Crippen molar-refractivity contribution < 1.29 is 4.79 Å². The first-order chi connectivity index (χ1) is 15.1. The minimum atomic E-state index is -0.272.